The molecule has 2 aromatic heterocycles. The first-order valence-electron chi connectivity index (χ1n) is 8.40. The van der Waals surface area contributed by atoms with Crippen LogP contribution < -0.4 is 5.32 Å². The molecule has 0 fully saturated rings. The predicted molar refractivity (Wildman–Crippen MR) is 100 cm³/mol. The number of carbonyl (C=O) groups is 1. The van der Waals surface area contributed by atoms with Gasteiger partial charge < -0.3 is 10.4 Å². The van der Waals surface area contributed by atoms with Gasteiger partial charge in [-0.3, -0.25) is 0 Å². The lowest BCUT2D eigenvalue weighted by Crippen LogP contribution is -2.09. The van der Waals surface area contributed by atoms with Crippen LogP contribution in [0.2, 0.25) is 0 Å². The van der Waals surface area contributed by atoms with Gasteiger partial charge in [-0.25, -0.2) is 14.8 Å². The molecule has 2 heterocycles. The van der Waals surface area contributed by atoms with Gasteiger partial charge in [0.15, 0.2) is 0 Å². The minimum Gasteiger partial charge on any atom is -0.478 e. The van der Waals surface area contributed by atoms with Crippen molar-refractivity contribution in [3.63, 3.8) is 0 Å². The van der Waals surface area contributed by atoms with E-state index in [2.05, 4.69) is 22.2 Å². The summed E-state index contributed by atoms with van der Waals surface area (Å²) in [5, 5.41) is 13.6. The van der Waals surface area contributed by atoms with E-state index in [9.17, 15) is 9.90 Å². The largest absolute Gasteiger partial charge is 0.478 e. The third kappa shape index (κ3) is 2.98. The number of benzene rings is 1. The fourth-order valence-corrected chi connectivity index (χ4v) is 4.83. The van der Waals surface area contributed by atoms with Crippen molar-refractivity contribution in [1.82, 2.24) is 9.97 Å². The number of aromatic nitrogens is 2. The quantitative estimate of drug-likeness (QED) is 0.721. The number of rotatable bonds is 3. The molecule has 25 heavy (non-hydrogen) atoms. The zero-order valence-electron chi connectivity index (χ0n) is 14.2. The fourth-order valence-electron chi connectivity index (χ4n) is 3.41. The number of nitrogens with one attached hydrogen (secondary N) is 1. The van der Waals surface area contributed by atoms with Crippen molar-refractivity contribution < 1.29 is 9.90 Å². The summed E-state index contributed by atoms with van der Waals surface area (Å²) in [6.45, 7) is 4.18. The highest BCUT2D eigenvalue weighted by molar-refractivity contribution is 7.19. The van der Waals surface area contributed by atoms with E-state index in [0.29, 0.717) is 5.92 Å². The van der Waals surface area contributed by atoms with Crippen LogP contribution in [0, 0.1) is 12.8 Å². The SMILES string of the molecule is Cc1nc(Nc2cccc(C(=O)O)c2)c2c3c(sc2n1)CC(C)CC3. The molecule has 1 atom stereocenters. The van der Waals surface area contributed by atoms with E-state index < -0.39 is 5.97 Å². The molecule has 2 N–H and O–H groups in total. The molecular weight excluding hydrogens is 334 g/mol. The summed E-state index contributed by atoms with van der Waals surface area (Å²) in [6, 6.07) is 6.81. The van der Waals surface area contributed by atoms with E-state index >= 15 is 0 Å². The van der Waals surface area contributed by atoms with Gasteiger partial charge in [-0.2, -0.15) is 0 Å². The number of hydrogen-bond donors (Lipinski definition) is 2. The Labute approximate surface area is 149 Å². The smallest absolute Gasteiger partial charge is 0.335 e. The van der Waals surface area contributed by atoms with Crippen LogP contribution in [0.1, 0.15) is 40.0 Å². The van der Waals surface area contributed by atoms with E-state index in [1.807, 2.05) is 13.0 Å². The van der Waals surface area contributed by atoms with Crippen molar-refractivity contribution >= 4 is 39.0 Å². The zero-order chi connectivity index (χ0) is 17.6. The number of fused-ring (bicyclic) bond motifs is 3. The Morgan fingerprint density at radius 1 is 1.36 bits per heavy atom. The lowest BCUT2D eigenvalue weighted by Gasteiger charge is -2.18. The molecule has 0 radical (unpaired) electrons. The highest BCUT2D eigenvalue weighted by Crippen LogP contribution is 2.40. The Bertz CT molecular complexity index is 980. The maximum absolute atomic E-state index is 11.2. The third-order valence-electron chi connectivity index (χ3n) is 4.64. The molecule has 1 aliphatic rings. The summed E-state index contributed by atoms with van der Waals surface area (Å²) >= 11 is 1.77. The van der Waals surface area contributed by atoms with Crippen LogP contribution in [0.5, 0.6) is 0 Å². The summed E-state index contributed by atoms with van der Waals surface area (Å²) in [7, 11) is 0. The average molecular weight is 353 g/mol. The number of hydrogen-bond acceptors (Lipinski definition) is 5. The number of aromatic carboxylic acids is 1. The van der Waals surface area contributed by atoms with Crippen molar-refractivity contribution in [3.8, 4) is 0 Å². The highest BCUT2D eigenvalue weighted by atomic mass is 32.1. The molecule has 128 valence electrons. The van der Waals surface area contributed by atoms with E-state index in [1.165, 1.54) is 16.9 Å². The van der Waals surface area contributed by atoms with Gasteiger partial charge in [0.1, 0.15) is 16.5 Å². The van der Waals surface area contributed by atoms with Crippen LogP contribution in [0.4, 0.5) is 11.5 Å². The second-order valence-electron chi connectivity index (χ2n) is 6.66. The van der Waals surface area contributed by atoms with Crippen LogP contribution in [0.25, 0.3) is 10.2 Å². The third-order valence-corrected chi connectivity index (χ3v) is 5.79. The molecule has 0 saturated carbocycles. The number of carboxylic acid groups (broad SMARTS) is 1. The maximum atomic E-state index is 11.2. The second kappa shape index (κ2) is 6.11. The van der Waals surface area contributed by atoms with Crippen molar-refractivity contribution in [3.05, 3.63) is 46.1 Å². The number of carboxylic acids is 1. The van der Waals surface area contributed by atoms with Gasteiger partial charge >= 0.3 is 5.97 Å². The summed E-state index contributed by atoms with van der Waals surface area (Å²) < 4.78 is 0. The van der Waals surface area contributed by atoms with Gasteiger partial charge in [0, 0.05) is 10.6 Å². The summed E-state index contributed by atoms with van der Waals surface area (Å²) in [4.78, 5) is 22.9. The van der Waals surface area contributed by atoms with E-state index in [-0.39, 0.29) is 5.56 Å². The van der Waals surface area contributed by atoms with Crippen LogP contribution in [0.15, 0.2) is 24.3 Å². The predicted octanol–water partition coefficient (Wildman–Crippen LogP) is 4.57. The highest BCUT2D eigenvalue weighted by Gasteiger charge is 2.23. The van der Waals surface area contributed by atoms with E-state index in [0.717, 1.165) is 40.4 Å². The molecule has 0 spiro atoms. The normalized spacial score (nSPS) is 16.6. The van der Waals surface area contributed by atoms with Gasteiger partial charge in [0.2, 0.25) is 0 Å². The Kier molecular flexibility index (Phi) is 3.92. The Morgan fingerprint density at radius 3 is 3.00 bits per heavy atom. The summed E-state index contributed by atoms with van der Waals surface area (Å²) in [6.07, 6.45) is 3.33. The first kappa shape index (κ1) is 16.0. The van der Waals surface area contributed by atoms with Gasteiger partial charge in [-0.05, 0) is 55.9 Å². The minimum absolute atomic E-state index is 0.258. The Hall–Kier alpha value is -2.47. The monoisotopic (exact) mass is 353 g/mol. The molecule has 0 saturated heterocycles. The van der Waals surface area contributed by atoms with Gasteiger partial charge in [-0.15, -0.1) is 11.3 Å². The van der Waals surface area contributed by atoms with E-state index in [1.54, 1.807) is 29.5 Å². The summed E-state index contributed by atoms with van der Waals surface area (Å²) in [5.74, 6) is 1.26. The lowest BCUT2D eigenvalue weighted by molar-refractivity contribution is 0.0697. The molecule has 5 nitrogen and oxygen atoms in total. The molecule has 0 amide bonds. The Balaban J connectivity index is 1.81. The van der Waals surface area contributed by atoms with Crippen molar-refractivity contribution in [2.75, 3.05) is 5.32 Å². The molecule has 6 heteroatoms. The molecule has 4 rings (SSSR count). The molecule has 1 unspecified atom stereocenters. The van der Waals surface area contributed by atoms with Crippen molar-refractivity contribution in [2.24, 2.45) is 5.92 Å². The molecular formula is C19H19N3O2S. The lowest BCUT2D eigenvalue weighted by atomic mass is 9.89. The number of aryl methyl sites for hydroxylation is 2. The van der Waals surface area contributed by atoms with Crippen molar-refractivity contribution in [1.29, 1.82) is 0 Å². The standard InChI is InChI=1S/C19H19N3O2S/c1-10-6-7-14-15(8-10)25-18-16(14)17(20-11(2)21-18)22-13-5-3-4-12(9-13)19(23)24/h3-5,9-10H,6-8H2,1-2H3,(H,23,24)(H,20,21,22). The number of thiophene rings is 1. The molecule has 3 aromatic rings. The molecule has 1 aromatic carbocycles. The second-order valence-corrected chi connectivity index (χ2v) is 7.75. The van der Waals surface area contributed by atoms with Crippen LogP contribution in [-0.4, -0.2) is 21.0 Å². The molecule has 1 aliphatic carbocycles. The summed E-state index contributed by atoms with van der Waals surface area (Å²) in [5.41, 5.74) is 2.34. The minimum atomic E-state index is -0.936. The van der Waals surface area contributed by atoms with Gasteiger partial charge in [-0.1, -0.05) is 13.0 Å². The molecule has 0 bridgehead atoms. The fraction of sp³-hybridized carbons (Fsp3) is 0.316. The first-order valence-corrected chi connectivity index (χ1v) is 9.22. The number of nitrogens with zero attached hydrogens (tertiary/aromatic N) is 2. The van der Waals surface area contributed by atoms with Crippen molar-refractivity contribution in [2.45, 2.75) is 33.1 Å². The van der Waals surface area contributed by atoms with Crippen LogP contribution in [0.3, 0.4) is 0 Å². The average Bonchev–Trinajstić information content (AvgIpc) is 2.92. The van der Waals surface area contributed by atoms with Gasteiger partial charge in [0.25, 0.3) is 0 Å². The number of anilines is 2. The Morgan fingerprint density at radius 2 is 2.20 bits per heavy atom. The topological polar surface area (TPSA) is 75.1 Å². The van der Waals surface area contributed by atoms with Gasteiger partial charge in [0.05, 0.1) is 10.9 Å². The maximum Gasteiger partial charge on any atom is 0.335 e. The molecule has 0 aliphatic heterocycles. The van der Waals surface area contributed by atoms with E-state index in [4.69, 9.17) is 0 Å². The first-order chi connectivity index (χ1) is 12.0. The zero-order valence-corrected chi connectivity index (χ0v) is 15.0. The van der Waals surface area contributed by atoms with Crippen LogP contribution >= 0.6 is 11.3 Å². The van der Waals surface area contributed by atoms with Crippen LogP contribution in [-0.2, 0) is 12.8 Å².